The van der Waals surface area contributed by atoms with E-state index < -0.39 is 0 Å². The summed E-state index contributed by atoms with van der Waals surface area (Å²) in [5.74, 6) is 0.570. The molecule has 0 rings (SSSR count). The van der Waals surface area contributed by atoms with Crippen LogP contribution in [0.15, 0.2) is 0 Å². The molecule has 0 saturated heterocycles. The second-order valence-electron chi connectivity index (χ2n) is 6.52. The monoisotopic (exact) mass is 243 g/mol. The standard InChI is InChI=1S/C14H29NO2/c1-7-14(6,9-13(4,5)10-16)12(17)15-8-11(2)3/h11,16H,7-10H2,1-6H3,(H,15,17). The van der Waals surface area contributed by atoms with Crippen LogP contribution >= 0.6 is 0 Å². The van der Waals surface area contributed by atoms with Crippen LogP contribution in [0.25, 0.3) is 0 Å². The summed E-state index contributed by atoms with van der Waals surface area (Å²) in [7, 11) is 0. The summed E-state index contributed by atoms with van der Waals surface area (Å²) in [5.41, 5.74) is -0.596. The summed E-state index contributed by atoms with van der Waals surface area (Å²) in [5, 5.41) is 12.3. The highest BCUT2D eigenvalue weighted by Gasteiger charge is 2.36. The predicted octanol–water partition coefficient (Wildman–Crippen LogP) is 2.58. The number of carbonyl (C=O) groups excluding carboxylic acids is 1. The van der Waals surface area contributed by atoms with Crippen molar-refractivity contribution in [2.24, 2.45) is 16.7 Å². The van der Waals surface area contributed by atoms with Crippen molar-refractivity contribution in [2.45, 2.75) is 54.4 Å². The molecule has 0 aromatic rings. The molecule has 0 spiro atoms. The molecule has 0 radical (unpaired) electrons. The van der Waals surface area contributed by atoms with E-state index in [2.05, 4.69) is 19.2 Å². The number of rotatable bonds is 7. The van der Waals surface area contributed by atoms with Gasteiger partial charge in [0.25, 0.3) is 0 Å². The van der Waals surface area contributed by atoms with Gasteiger partial charge in [-0.1, -0.05) is 41.5 Å². The molecule has 17 heavy (non-hydrogen) atoms. The van der Waals surface area contributed by atoms with Crippen molar-refractivity contribution in [3.05, 3.63) is 0 Å². The van der Waals surface area contributed by atoms with E-state index in [-0.39, 0.29) is 23.3 Å². The van der Waals surface area contributed by atoms with E-state index in [4.69, 9.17) is 0 Å². The Labute approximate surface area is 106 Å². The minimum absolute atomic E-state index is 0.107. The molecular formula is C14H29NO2. The summed E-state index contributed by atoms with van der Waals surface area (Å²) >= 11 is 0. The zero-order valence-electron chi connectivity index (χ0n) is 12.3. The van der Waals surface area contributed by atoms with Gasteiger partial charge in [0.1, 0.15) is 0 Å². The summed E-state index contributed by atoms with van der Waals surface area (Å²) in [6.07, 6.45) is 1.50. The first-order valence-corrected chi connectivity index (χ1v) is 6.56. The van der Waals surface area contributed by atoms with Gasteiger partial charge in [0.15, 0.2) is 0 Å². The Morgan fingerprint density at radius 2 is 1.82 bits per heavy atom. The number of carbonyl (C=O) groups is 1. The van der Waals surface area contributed by atoms with Crippen LogP contribution in [0.5, 0.6) is 0 Å². The molecular weight excluding hydrogens is 214 g/mol. The Kier molecular flexibility index (Phi) is 6.17. The van der Waals surface area contributed by atoms with Crippen LogP contribution in [-0.4, -0.2) is 24.2 Å². The average molecular weight is 243 g/mol. The molecule has 1 unspecified atom stereocenters. The second-order valence-corrected chi connectivity index (χ2v) is 6.52. The zero-order valence-corrected chi connectivity index (χ0v) is 12.3. The summed E-state index contributed by atoms with van der Waals surface area (Å²) in [6.45, 7) is 13.0. The molecule has 0 aromatic heterocycles. The molecule has 0 aliphatic carbocycles. The van der Waals surface area contributed by atoms with Gasteiger partial charge >= 0.3 is 0 Å². The lowest BCUT2D eigenvalue weighted by atomic mass is 9.72. The molecule has 0 saturated carbocycles. The maximum atomic E-state index is 12.2. The third-order valence-electron chi connectivity index (χ3n) is 3.30. The molecule has 1 atom stereocenters. The van der Waals surface area contributed by atoms with Crippen molar-refractivity contribution in [1.29, 1.82) is 0 Å². The lowest BCUT2D eigenvalue weighted by molar-refractivity contribution is -0.132. The predicted molar refractivity (Wildman–Crippen MR) is 71.7 cm³/mol. The molecule has 3 heteroatoms. The Morgan fingerprint density at radius 1 is 1.29 bits per heavy atom. The Balaban J connectivity index is 4.60. The van der Waals surface area contributed by atoms with Crippen LogP contribution in [0, 0.1) is 16.7 Å². The van der Waals surface area contributed by atoms with E-state index in [0.29, 0.717) is 18.9 Å². The van der Waals surface area contributed by atoms with Crippen molar-refractivity contribution in [3.63, 3.8) is 0 Å². The van der Waals surface area contributed by atoms with Crippen LogP contribution in [0.4, 0.5) is 0 Å². The quantitative estimate of drug-likeness (QED) is 0.722. The van der Waals surface area contributed by atoms with E-state index in [1.165, 1.54) is 0 Å². The molecule has 3 nitrogen and oxygen atoms in total. The Bertz CT molecular complexity index is 249. The number of nitrogens with one attached hydrogen (secondary N) is 1. The summed E-state index contributed by atoms with van der Waals surface area (Å²) < 4.78 is 0. The van der Waals surface area contributed by atoms with Gasteiger partial charge in [-0.2, -0.15) is 0 Å². The Hall–Kier alpha value is -0.570. The van der Waals surface area contributed by atoms with Crippen LogP contribution in [0.3, 0.4) is 0 Å². The third kappa shape index (κ3) is 5.53. The fourth-order valence-corrected chi connectivity index (χ4v) is 1.99. The first-order chi connectivity index (χ1) is 7.67. The number of hydrogen-bond acceptors (Lipinski definition) is 2. The number of aliphatic hydroxyl groups excluding tert-OH is 1. The number of aliphatic hydroxyl groups is 1. The van der Waals surface area contributed by atoms with Gasteiger partial charge in [0.05, 0.1) is 0 Å². The molecule has 1 amide bonds. The fraction of sp³-hybridized carbons (Fsp3) is 0.929. The SMILES string of the molecule is CCC(C)(CC(C)(C)CO)C(=O)NCC(C)C. The average Bonchev–Trinajstić information content (AvgIpc) is 2.25. The lowest BCUT2D eigenvalue weighted by Crippen LogP contribution is -2.43. The van der Waals surface area contributed by atoms with Crippen LogP contribution < -0.4 is 5.32 Å². The molecule has 0 fully saturated rings. The van der Waals surface area contributed by atoms with E-state index in [1.54, 1.807) is 0 Å². The minimum atomic E-state index is -0.388. The highest BCUT2D eigenvalue weighted by molar-refractivity contribution is 5.82. The van der Waals surface area contributed by atoms with Crippen LogP contribution in [0.1, 0.15) is 54.4 Å². The minimum Gasteiger partial charge on any atom is -0.396 e. The first kappa shape index (κ1) is 16.4. The van der Waals surface area contributed by atoms with Gasteiger partial charge in [-0.05, 0) is 24.2 Å². The molecule has 0 aliphatic rings. The first-order valence-electron chi connectivity index (χ1n) is 6.56. The second kappa shape index (κ2) is 6.39. The number of hydrogen-bond donors (Lipinski definition) is 2. The van der Waals surface area contributed by atoms with E-state index in [9.17, 15) is 9.90 Å². The van der Waals surface area contributed by atoms with Gasteiger partial charge in [0.2, 0.25) is 5.91 Å². The van der Waals surface area contributed by atoms with Gasteiger partial charge < -0.3 is 10.4 Å². The molecule has 0 heterocycles. The van der Waals surface area contributed by atoms with Crippen LogP contribution in [0.2, 0.25) is 0 Å². The molecule has 0 bridgehead atoms. The van der Waals surface area contributed by atoms with E-state index >= 15 is 0 Å². The van der Waals surface area contributed by atoms with E-state index in [0.717, 1.165) is 6.42 Å². The summed E-state index contributed by atoms with van der Waals surface area (Å²) in [6, 6.07) is 0. The zero-order chi connectivity index (χ0) is 13.7. The Morgan fingerprint density at radius 3 is 2.18 bits per heavy atom. The number of amides is 1. The highest BCUT2D eigenvalue weighted by atomic mass is 16.3. The molecule has 102 valence electrons. The largest absolute Gasteiger partial charge is 0.396 e. The van der Waals surface area contributed by atoms with Gasteiger partial charge in [-0.3, -0.25) is 4.79 Å². The highest BCUT2D eigenvalue weighted by Crippen LogP contribution is 2.36. The van der Waals surface area contributed by atoms with Crippen LogP contribution in [-0.2, 0) is 4.79 Å². The van der Waals surface area contributed by atoms with Crippen molar-refractivity contribution in [2.75, 3.05) is 13.2 Å². The smallest absolute Gasteiger partial charge is 0.225 e. The maximum Gasteiger partial charge on any atom is 0.225 e. The van der Waals surface area contributed by atoms with Gasteiger partial charge in [-0.25, -0.2) is 0 Å². The lowest BCUT2D eigenvalue weighted by Gasteiger charge is -2.35. The fourth-order valence-electron chi connectivity index (χ4n) is 1.99. The third-order valence-corrected chi connectivity index (χ3v) is 3.30. The van der Waals surface area contributed by atoms with Crippen molar-refractivity contribution >= 4 is 5.91 Å². The molecule has 0 aromatic carbocycles. The van der Waals surface area contributed by atoms with E-state index in [1.807, 2.05) is 27.7 Å². The topological polar surface area (TPSA) is 49.3 Å². The van der Waals surface area contributed by atoms with Crippen molar-refractivity contribution < 1.29 is 9.90 Å². The maximum absolute atomic E-state index is 12.2. The van der Waals surface area contributed by atoms with Gasteiger partial charge in [0, 0.05) is 18.6 Å². The normalized spacial score (nSPS) is 15.8. The van der Waals surface area contributed by atoms with Crippen molar-refractivity contribution in [1.82, 2.24) is 5.32 Å². The van der Waals surface area contributed by atoms with Crippen molar-refractivity contribution in [3.8, 4) is 0 Å². The van der Waals surface area contributed by atoms with Gasteiger partial charge in [-0.15, -0.1) is 0 Å². The molecule has 0 aliphatic heterocycles. The molecule has 2 N–H and O–H groups in total. The summed E-state index contributed by atoms with van der Waals surface area (Å²) in [4.78, 5) is 12.2.